The van der Waals surface area contributed by atoms with Crippen LogP contribution in [-0.4, -0.2) is 21.8 Å². The zero-order valence-corrected chi connectivity index (χ0v) is 21.5. The van der Waals surface area contributed by atoms with Gasteiger partial charge in [-0.3, -0.25) is 10.2 Å². The van der Waals surface area contributed by atoms with Gasteiger partial charge in [0.1, 0.15) is 30.0 Å². The molecule has 11 heteroatoms. The van der Waals surface area contributed by atoms with Crippen molar-refractivity contribution in [3.63, 3.8) is 0 Å². The number of nitrogens with zero attached hydrogens (tertiary/aromatic N) is 1. The SMILES string of the molecule is CC(=O)C(=N)c1ccc(-c2c(F)ccc(N[N+](O)(S)c3cccc(CO)c3)c2F)c(F)c1N.CCCC. The van der Waals surface area contributed by atoms with Crippen molar-refractivity contribution < 1.29 is 28.3 Å². The molecule has 0 aromatic heterocycles. The number of thiol groups is 1. The second kappa shape index (κ2) is 12.7. The molecule has 3 aromatic carbocycles. The fraction of sp³-hybridized carbons (Fsp3) is 0.231. The van der Waals surface area contributed by atoms with E-state index in [1.165, 1.54) is 31.0 Å². The molecule has 0 aliphatic rings. The zero-order valence-electron chi connectivity index (χ0n) is 20.6. The number of nitrogens with one attached hydrogen (secondary N) is 2. The van der Waals surface area contributed by atoms with E-state index in [1.54, 1.807) is 6.07 Å². The Morgan fingerprint density at radius 2 is 1.73 bits per heavy atom. The highest BCUT2D eigenvalue weighted by atomic mass is 32.1. The van der Waals surface area contributed by atoms with Gasteiger partial charge in [0.25, 0.3) is 0 Å². The Kier molecular flexibility index (Phi) is 10.3. The summed E-state index contributed by atoms with van der Waals surface area (Å²) in [5, 5.41) is 27.7. The van der Waals surface area contributed by atoms with Crippen LogP contribution in [0.15, 0.2) is 48.5 Å². The van der Waals surface area contributed by atoms with E-state index in [2.05, 4.69) is 32.1 Å². The Bertz CT molecular complexity index is 1300. The molecule has 198 valence electrons. The Hall–Kier alpha value is -3.38. The number of nitrogens with two attached hydrogens (primary N) is 1. The van der Waals surface area contributed by atoms with Crippen molar-refractivity contribution >= 4 is 41.4 Å². The first-order chi connectivity index (χ1) is 17.4. The quantitative estimate of drug-likeness (QED) is 0.0677. The average molecular weight is 536 g/mol. The topological polar surface area (TPSA) is 119 Å². The number of hydrogen-bond acceptors (Lipinski definition) is 7. The molecule has 0 bridgehead atoms. The molecule has 0 aliphatic heterocycles. The van der Waals surface area contributed by atoms with Gasteiger partial charge in [0, 0.05) is 34.3 Å². The maximum Gasteiger partial charge on any atom is 0.204 e. The van der Waals surface area contributed by atoms with Crippen molar-refractivity contribution in [2.45, 2.75) is 40.2 Å². The van der Waals surface area contributed by atoms with Crippen molar-refractivity contribution in [1.29, 1.82) is 5.41 Å². The van der Waals surface area contributed by atoms with E-state index in [4.69, 9.17) is 11.1 Å². The normalized spacial score (nSPS) is 12.2. The summed E-state index contributed by atoms with van der Waals surface area (Å²) < 4.78 is 43.5. The third-order valence-corrected chi connectivity index (χ3v) is 5.72. The summed E-state index contributed by atoms with van der Waals surface area (Å²) in [6.45, 7) is 5.16. The van der Waals surface area contributed by atoms with Crippen molar-refractivity contribution in [2.75, 3.05) is 11.2 Å². The molecule has 3 aromatic rings. The first-order valence-electron chi connectivity index (χ1n) is 11.4. The number of nitrogen functional groups attached to an aromatic ring is 1. The van der Waals surface area contributed by atoms with Gasteiger partial charge < -0.3 is 10.8 Å². The lowest BCUT2D eigenvalue weighted by molar-refractivity contribution is -0.111. The molecule has 6 N–H and O–H groups in total. The van der Waals surface area contributed by atoms with Crippen LogP contribution in [0.25, 0.3) is 11.1 Å². The molecule has 0 spiro atoms. The number of quaternary nitrogens is 1. The number of Topliss-reactive ketones (excluding diaryl/α,β-unsaturated/α-hetero) is 1. The first kappa shape index (κ1) is 29.8. The van der Waals surface area contributed by atoms with Crippen molar-refractivity contribution in [2.24, 2.45) is 0 Å². The fourth-order valence-electron chi connectivity index (χ4n) is 3.16. The number of carbonyl (C=O) groups excluding carboxylic acids is 1. The van der Waals surface area contributed by atoms with Crippen LogP contribution in [0.4, 0.5) is 30.2 Å². The lowest BCUT2D eigenvalue weighted by Gasteiger charge is -2.24. The lowest BCUT2D eigenvalue weighted by Crippen LogP contribution is -2.41. The van der Waals surface area contributed by atoms with Crippen molar-refractivity contribution in [3.8, 4) is 11.1 Å². The summed E-state index contributed by atoms with van der Waals surface area (Å²) in [7, 11) is 0. The van der Waals surface area contributed by atoms with Crippen molar-refractivity contribution in [1.82, 2.24) is 4.16 Å². The fourth-order valence-corrected chi connectivity index (χ4v) is 3.39. The number of benzene rings is 3. The van der Waals surface area contributed by atoms with Crippen LogP contribution >= 0.6 is 12.8 Å². The van der Waals surface area contributed by atoms with E-state index >= 15 is 4.39 Å². The maximum absolute atomic E-state index is 15.3. The lowest BCUT2D eigenvalue weighted by atomic mass is 9.97. The molecule has 37 heavy (non-hydrogen) atoms. The highest BCUT2D eigenvalue weighted by molar-refractivity contribution is 7.79. The molecule has 0 fully saturated rings. The number of ketones is 1. The number of hydrogen-bond donors (Lipinski definition) is 6. The number of unbranched alkanes of at least 4 members (excludes halogenated alkanes) is 1. The molecule has 0 aliphatic carbocycles. The predicted octanol–water partition coefficient (Wildman–Crippen LogP) is 6.18. The van der Waals surface area contributed by atoms with Gasteiger partial charge in [-0.2, -0.15) is 10.6 Å². The number of aliphatic hydroxyl groups is 1. The standard InChI is InChI=1S/C22H20F3N4O3S.C4H10/c1-11(31)21(26)15-6-5-14(19(24)22(15)27)18-16(23)7-8-17(20(18)25)28-29(32,33)13-4-2-3-12(9-13)10-30;1-3-4-2/h2-9,26,28,30,32-33H,10,27H2,1H3;3-4H2,1-2H3/q+1;. The highest BCUT2D eigenvalue weighted by Crippen LogP contribution is 2.37. The Morgan fingerprint density at radius 1 is 1.08 bits per heavy atom. The minimum atomic E-state index is -1.37. The maximum atomic E-state index is 15.3. The van der Waals surface area contributed by atoms with Crippen LogP contribution in [0.1, 0.15) is 44.7 Å². The molecule has 0 radical (unpaired) electrons. The monoisotopic (exact) mass is 535 g/mol. The van der Waals surface area contributed by atoms with E-state index in [-0.39, 0.29) is 17.9 Å². The number of anilines is 2. The number of rotatable bonds is 8. The van der Waals surface area contributed by atoms with Gasteiger partial charge in [-0.15, -0.1) is 0 Å². The molecule has 0 saturated heterocycles. The molecule has 0 heterocycles. The summed E-state index contributed by atoms with van der Waals surface area (Å²) >= 11 is 4.05. The van der Waals surface area contributed by atoms with Gasteiger partial charge in [-0.1, -0.05) is 44.9 Å². The van der Waals surface area contributed by atoms with Gasteiger partial charge in [-0.25, -0.2) is 13.2 Å². The predicted molar refractivity (Wildman–Crippen MR) is 143 cm³/mol. The van der Waals surface area contributed by atoms with Gasteiger partial charge in [0.2, 0.25) is 5.69 Å². The van der Waals surface area contributed by atoms with E-state index in [1.807, 2.05) is 0 Å². The minimum Gasteiger partial charge on any atom is -0.396 e. The molecule has 0 saturated carbocycles. The Morgan fingerprint density at radius 3 is 2.30 bits per heavy atom. The molecule has 7 nitrogen and oxygen atoms in total. The van der Waals surface area contributed by atoms with E-state index < -0.39 is 55.6 Å². The Balaban J connectivity index is 0.00000112. The van der Waals surface area contributed by atoms with E-state index in [0.717, 1.165) is 31.2 Å². The second-order valence-electron chi connectivity index (χ2n) is 8.14. The van der Waals surface area contributed by atoms with Crippen LogP contribution in [0.5, 0.6) is 0 Å². The minimum absolute atomic E-state index is 0.109. The van der Waals surface area contributed by atoms with E-state index in [0.29, 0.717) is 5.56 Å². The summed E-state index contributed by atoms with van der Waals surface area (Å²) in [5.74, 6) is -4.22. The largest absolute Gasteiger partial charge is 0.396 e. The molecular weight excluding hydrogens is 505 g/mol. The van der Waals surface area contributed by atoms with Crippen LogP contribution in [0.2, 0.25) is 0 Å². The zero-order chi connectivity index (χ0) is 27.9. The van der Waals surface area contributed by atoms with Crippen LogP contribution in [0.3, 0.4) is 0 Å². The number of halogens is 3. The van der Waals surface area contributed by atoms with E-state index in [9.17, 15) is 23.9 Å². The summed E-state index contributed by atoms with van der Waals surface area (Å²) in [5.41, 5.74) is 5.54. The smallest absolute Gasteiger partial charge is 0.204 e. The summed E-state index contributed by atoms with van der Waals surface area (Å²) in [4.78, 5) is 11.4. The number of carbonyl (C=O) groups is 1. The highest BCUT2D eigenvalue weighted by Gasteiger charge is 2.30. The molecule has 0 amide bonds. The van der Waals surface area contributed by atoms with Crippen LogP contribution < -0.4 is 15.3 Å². The van der Waals surface area contributed by atoms with Gasteiger partial charge in [0.05, 0.1) is 17.9 Å². The van der Waals surface area contributed by atoms with Crippen molar-refractivity contribution in [3.05, 3.63) is 77.1 Å². The second-order valence-corrected chi connectivity index (χ2v) is 8.72. The molecule has 1 atom stereocenters. The number of aliphatic hydroxyl groups excluding tert-OH is 1. The summed E-state index contributed by atoms with van der Waals surface area (Å²) in [6, 6.07) is 9.97. The van der Waals surface area contributed by atoms with Gasteiger partial charge in [0.15, 0.2) is 17.4 Å². The molecular formula is C26H30F3N4O3S+. The third kappa shape index (κ3) is 6.89. The van der Waals surface area contributed by atoms with Crippen LogP contribution in [-0.2, 0) is 11.4 Å². The molecule has 3 rings (SSSR count). The first-order valence-corrected chi connectivity index (χ1v) is 11.8. The summed E-state index contributed by atoms with van der Waals surface area (Å²) in [6.07, 6.45) is 2.64. The van der Waals surface area contributed by atoms with Gasteiger partial charge in [-0.05, 0) is 23.8 Å². The van der Waals surface area contributed by atoms with Gasteiger partial charge >= 0.3 is 0 Å². The molecule has 1 unspecified atom stereocenters. The Labute approximate surface area is 218 Å². The van der Waals surface area contributed by atoms with Crippen LogP contribution in [0, 0.1) is 22.9 Å². The third-order valence-electron chi connectivity index (χ3n) is 5.39. The average Bonchev–Trinajstić information content (AvgIpc) is 2.88.